The summed E-state index contributed by atoms with van der Waals surface area (Å²) in [6, 6.07) is 0. The molecule has 0 N–H and O–H groups in total. The molecule has 4 rings (SSSR count). The fraction of sp³-hybridized carbons (Fsp3) is 0.462. The molecule has 8 nitrogen and oxygen atoms in total. The molecule has 1 saturated heterocycles. The molecule has 0 amide bonds. The van der Waals surface area contributed by atoms with Gasteiger partial charge in [0.15, 0.2) is 17.0 Å². The van der Waals surface area contributed by atoms with Crippen LogP contribution in [0.2, 0.25) is 0 Å². The quantitative estimate of drug-likeness (QED) is 0.693. The fourth-order valence-corrected chi connectivity index (χ4v) is 3.43. The van der Waals surface area contributed by atoms with Crippen LogP contribution in [0.3, 0.4) is 0 Å². The average molecular weight is 316 g/mol. The normalized spacial score (nSPS) is 15.7. The lowest BCUT2D eigenvalue weighted by Gasteiger charge is -2.34. The number of aryl methyl sites for hydroxylation is 2. The van der Waals surface area contributed by atoms with Crippen LogP contribution in [0.1, 0.15) is 5.01 Å². The Labute approximate surface area is 131 Å². The molecule has 3 aromatic rings. The molecule has 9 heteroatoms. The van der Waals surface area contributed by atoms with E-state index in [0.29, 0.717) is 0 Å². The summed E-state index contributed by atoms with van der Waals surface area (Å²) in [5.41, 5.74) is 1.73. The monoisotopic (exact) mass is 316 g/mol. The second kappa shape index (κ2) is 5.16. The van der Waals surface area contributed by atoms with Crippen LogP contribution in [-0.2, 0) is 7.05 Å². The highest BCUT2D eigenvalue weighted by molar-refractivity contribution is 7.15. The van der Waals surface area contributed by atoms with Gasteiger partial charge in [-0.2, -0.15) is 0 Å². The Kier molecular flexibility index (Phi) is 3.14. The van der Waals surface area contributed by atoms with Gasteiger partial charge in [0.2, 0.25) is 5.13 Å². The third-order valence-electron chi connectivity index (χ3n) is 3.84. The Morgan fingerprint density at radius 3 is 2.50 bits per heavy atom. The predicted molar refractivity (Wildman–Crippen MR) is 85.4 cm³/mol. The van der Waals surface area contributed by atoms with E-state index < -0.39 is 0 Å². The third-order valence-corrected chi connectivity index (χ3v) is 4.74. The largest absolute Gasteiger partial charge is 0.351 e. The molecule has 1 aliphatic heterocycles. The van der Waals surface area contributed by atoms with E-state index in [4.69, 9.17) is 0 Å². The van der Waals surface area contributed by atoms with Gasteiger partial charge in [0, 0.05) is 33.2 Å². The van der Waals surface area contributed by atoms with Gasteiger partial charge in [-0.3, -0.25) is 0 Å². The van der Waals surface area contributed by atoms with Gasteiger partial charge in [-0.25, -0.2) is 15.0 Å². The number of piperazine rings is 1. The van der Waals surface area contributed by atoms with E-state index >= 15 is 0 Å². The van der Waals surface area contributed by atoms with Gasteiger partial charge in [-0.15, -0.1) is 10.2 Å². The maximum atomic E-state index is 4.44. The topological polar surface area (TPSA) is 75.9 Å². The molecule has 1 fully saturated rings. The molecular weight excluding hydrogens is 300 g/mol. The number of fused-ring (bicyclic) bond motifs is 1. The molecule has 3 aromatic heterocycles. The van der Waals surface area contributed by atoms with Crippen LogP contribution in [0.15, 0.2) is 12.7 Å². The van der Waals surface area contributed by atoms with E-state index in [0.717, 1.165) is 53.3 Å². The highest BCUT2D eigenvalue weighted by atomic mass is 32.1. The number of hydrogen-bond donors (Lipinski definition) is 0. The van der Waals surface area contributed by atoms with Gasteiger partial charge in [-0.05, 0) is 6.92 Å². The first-order valence-electron chi connectivity index (χ1n) is 7.14. The van der Waals surface area contributed by atoms with E-state index in [1.54, 1.807) is 24.0 Å². The number of aromatic nitrogens is 6. The van der Waals surface area contributed by atoms with Crippen molar-refractivity contribution >= 4 is 33.5 Å². The summed E-state index contributed by atoms with van der Waals surface area (Å²) in [4.78, 5) is 17.7. The molecule has 0 atom stereocenters. The second-order valence-electron chi connectivity index (χ2n) is 5.30. The molecule has 1 aliphatic rings. The molecule has 0 bridgehead atoms. The number of imidazole rings is 1. The summed E-state index contributed by atoms with van der Waals surface area (Å²) in [5, 5.41) is 10.3. The highest BCUT2D eigenvalue weighted by Gasteiger charge is 2.23. The number of anilines is 2. The van der Waals surface area contributed by atoms with Crippen molar-refractivity contribution in [2.24, 2.45) is 7.05 Å². The van der Waals surface area contributed by atoms with Crippen molar-refractivity contribution in [3.05, 3.63) is 17.7 Å². The molecule has 0 radical (unpaired) electrons. The smallest absolute Gasteiger partial charge is 0.208 e. The summed E-state index contributed by atoms with van der Waals surface area (Å²) >= 11 is 1.64. The van der Waals surface area contributed by atoms with Gasteiger partial charge in [-0.1, -0.05) is 11.3 Å². The highest BCUT2D eigenvalue weighted by Crippen LogP contribution is 2.25. The molecule has 0 saturated carbocycles. The van der Waals surface area contributed by atoms with Crippen molar-refractivity contribution in [3.8, 4) is 0 Å². The minimum Gasteiger partial charge on any atom is -0.351 e. The molecule has 4 heterocycles. The van der Waals surface area contributed by atoms with E-state index in [-0.39, 0.29) is 0 Å². The maximum absolute atomic E-state index is 4.44. The number of hydrogen-bond acceptors (Lipinski definition) is 8. The summed E-state index contributed by atoms with van der Waals surface area (Å²) < 4.78 is 1.92. The molecule has 0 unspecified atom stereocenters. The van der Waals surface area contributed by atoms with Gasteiger partial charge in [0.05, 0.1) is 6.33 Å². The van der Waals surface area contributed by atoms with Crippen LogP contribution in [0, 0.1) is 6.92 Å². The van der Waals surface area contributed by atoms with Crippen molar-refractivity contribution < 1.29 is 0 Å². The van der Waals surface area contributed by atoms with Crippen LogP contribution < -0.4 is 9.80 Å². The summed E-state index contributed by atoms with van der Waals surface area (Å²) in [6.07, 6.45) is 3.39. The number of nitrogens with zero attached hydrogens (tertiary/aromatic N) is 8. The number of rotatable bonds is 2. The molecule has 114 valence electrons. The molecule has 0 aromatic carbocycles. The minimum absolute atomic E-state index is 0.866. The van der Waals surface area contributed by atoms with Gasteiger partial charge < -0.3 is 14.4 Å². The zero-order valence-corrected chi connectivity index (χ0v) is 13.3. The first-order chi connectivity index (χ1) is 10.7. The van der Waals surface area contributed by atoms with Crippen molar-refractivity contribution in [2.75, 3.05) is 36.0 Å². The van der Waals surface area contributed by atoms with Gasteiger partial charge in [0.25, 0.3) is 0 Å². The second-order valence-corrected chi connectivity index (χ2v) is 6.46. The van der Waals surface area contributed by atoms with E-state index in [1.807, 2.05) is 18.5 Å². The SMILES string of the molecule is Cc1nnc(N2CCN(c3ncnc4c3ncn4C)CC2)s1. The zero-order chi connectivity index (χ0) is 15.1. The van der Waals surface area contributed by atoms with Crippen LogP contribution in [0.25, 0.3) is 11.2 Å². The maximum Gasteiger partial charge on any atom is 0.208 e. The summed E-state index contributed by atoms with van der Waals surface area (Å²) in [6.45, 7) is 5.58. The summed E-state index contributed by atoms with van der Waals surface area (Å²) in [7, 11) is 1.95. The van der Waals surface area contributed by atoms with Crippen molar-refractivity contribution in [3.63, 3.8) is 0 Å². The molecule has 22 heavy (non-hydrogen) atoms. The summed E-state index contributed by atoms with van der Waals surface area (Å²) in [5.74, 6) is 0.915. The standard InChI is InChI=1S/C13H16N8S/c1-9-17-18-13(22-9)21-5-3-20(4-6-21)12-10-11(14-7-15-12)19(2)8-16-10/h7-8H,3-6H2,1-2H3. The van der Waals surface area contributed by atoms with Crippen LogP contribution in [0.5, 0.6) is 0 Å². The Balaban J connectivity index is 1.55. The Morgan fingerprint density at radius 2 is 1.77 bits per heavy atom. The fourth-order valence-electron chi connectivity index (χ4n) is 2.69. The van der Waals surface area contributed by atoms with Crippen LogP contribution in [0.4, 0.5) is 10.9 Å². The van der Waals surface area contributed by atoms with Crippen molar-refractivity contribution in [1.29, 1.82) is 0 Å². The van der Waals surface area contributed by atoms with E-state index in [9.17, 15) is 0 Å². The Bertz CT molecular complexity index is 801. The first kappa shape index (κ1) is 13.4. The zero-order valence-electron chi connectivity index (χ0n) is 12.5. The van der Waals surface area contributed by atoms with E-state index in [1.165, 1.54) is 0 Å². The molecule has 0 aliphatic carbocycles. The van der Waals surface area contributed by atoms with Crippen LogP contribution in [-0.4, -0.2) is 55.9 Å². The molecule has 0 spiro atoms. The lowest BCUT2D eigenvalue weighted by molar-refractivity contribution is 0.644. The van der Waals surface area contributed by atoms with Gasteiger partial charge in [0.1, 0.15) is 11.3 Å². The Hall–Kier alpha value is -2.29. The average Bonchev–Trinajstić information content (AvgIpc) is 3.14. The minimum atomic E-state index is 0.866. The first-order valence-corrected chi connectivity index (χ1v) is 7.96. The van der Waals surface area contributed by atoms with Crippen molar-refractivity contribution in [1.82, 2.24) is 29.7 Å². The lowest BCUT2D eigenvalue weighted by Crippen LogP contribution is -2.47. The van der Waals surface area contributed by atoms with Crippen LogP contribution >= 0.6 is 11.3 Å². The van der Waals surface area contributed by atoms with Crippen molar-refractivity contribution in [2.45, 2.75) is 6.92 Å². The predicted octanol–water partition coefficient (Wildman–Crippen LogP) is 0.850. The Morgan fingerprint density at radius 1 is 1.00 bits per heavy atom. The lowest BCUT2D eigenvalue weighted by atomic mass is 10.3. The van der Waals surface area contributed by atoms with E-state index in [2.05, 4.69) is 34.9 Å². The molecular formula is C13H16N8S. The third kappa shape index (κ3) is 2.17. The van der Waals surface area contributed by atoms with Gasteiger partial charge >= 0.3 is 0 Å².